The van der Waals surface area contributed by atoms with Crippen LogP contribution in [0, 0.1) is 18.6 Å². The molecule has 0 spiro atoms. The topological polar surface area (TPSA) is 65.8 Å². The molecular weight excluding hydrogens is 444 g/mol. The second-order valence-electron chi connectivity index (χ2n) is 7.97. The minimum atomic E-state index is -1.00. The van der Waals surface area contributed by atoms with Gasteiger partial charge in [0.15, 0.2) is 17.4 Å². The van der Waals surface area contributed by atoms with E-state index in [0.29, 0.717) is 22.6 Å². The zero-order chi connectivity index (χ0) is 23.8. The van der Waals surface area contributed by atoms with Crippen molar-refractivity contribution >= 4 is 17.7 Å². The quantitative estimate of drug-likeness (QED) is 0.544. The standard InChI is InChI=1S/C25H21F2N3O4/c1-15-10-29(14-28-15)21-6-3-16(7-23(21)32-2)8-24-25(31)30-18(12-34-24)11-33-13-22(30)17-4-5-19(26)20(27)9-17/h3-10,13-14,18H,11-12H2,1-2H3. The van der Waals surface area contributed by atoms with Gasteiger partial charge < -0.3 is 18.8 Å². The van der Waals surface area contributed by atoms with Gasteiger partial charge in [0, 0.05) is 11.8 Å². The second-order valence-corrected chi connectivity index (χ2v) is 7.97. The molecule has 3 aromatic rings. The van der Waals surface area contributed by atoms with Gasteiger partial charge >= 0.3 is 0 Å². The van der Waals surface area contributed by atoms with Crippen molar-refractivity contribution < 1.29 is 27.8 Å². The summed E-state index contributed by atoms with van der Waals surface area (Å²) < 4.78 is 45.9. The largest absolute Gasteiger partial charge is 0.497 e. The molecule has 0 N–H and O–H groups in total. The Balaban J connectivity index is 1.47. The van der Waals surface area contributed by atoms with Crippen LogP contribution in [0.3, 0.4) is 0 Å². The van der Waals surface area contributed by atoms with Gasteiger partial charge in [-0.15, -0.1) is 0 Å². The predicted octanol–water partition coefficient (Wildman–Crippen LogP) is 4.06. The Hall–Kier alpha value is -4.14. The first-order chi connectivity index (χ1) is 16.4. The van der Waals surface area contributed by atoms with Crippen LogP contribution in [0.1, 0.15) is 16.8 Å². The van der Waals surface area contributed by atoms with E-state index in [-0.39, 0.29) is 25.0 Å². The number of carbonyl (C=O) groups excluding carboxylic acids is 1. The molecule has 9 heteroatoms. The maximum Gasteiger partial charge on any atom is 0.293 e. The summed E-state index contributed by atoms with van der Waals surface area (Å²) in [6.45, 7) is 2.33. The molecule has 0 saturated carbocycles. The lowest BCUT2D eigenvalue weighted by Crippen LogP contribution is -2.51. The lowest BCUT2D eigenvalue weighted by atomic mass is 10.1. The van der Waals surface area contributed by atoms with Crippen LogP contribution in [0.4, 0.5) is 8.78 Å². The second kappa shape index (κ2) is 8.66. The number of hydrogen-bond acceptors (Lipinski definition) is 5. The summed E-state index contributed by atoms with van der Waals surface area (Å²) in [5.74, 6) is -1.64. The molecule has 1 atom stereocenters. The van der Waals surface area contributed by atoms with Crippen LogP contribution < -0.4 is 4.74 Å². The summed E-state index contributed by atoms with van der Waals surface area (Å²) in [6, 6.07) is 8.58. The molecule has 1 saturated heterocycles. The average Bonchev–Trinajstić information content (AvgIpc) is 3.28. The number of carbonyl (C=O) groups is 1. The third-order valence-corrected chi connectivity index (χ3v) is 5.68. The number of benzene rings is 2. The summed E-state index contributed by atoms with van der Waals surface area (Å²) in [5.41, 5.74) is 3.06. The van der Waals surface area contributed by atoms with Crippen molar-refractivity contribution in [1.82, 2.24) is 14.5 Å². The van der Waals surface area contributed by atoms with Gasteiger partial charge in [-0.2, -0.15) is 0 Å². The van der Waals surface area contributed by atoms with Crippen LogP contribution in [-0.4, -0.2) is 46.7 Å². The fourth-order valence-corrected chi connectivity index (χ4v) is 4.00. The molecular formula is C25H21F2N3O4. The summed E-state index contributed by atoms with van der Waals surface area (Å²) in [7, 11) is 1.57. The molecule has 3 heterocycles. The molecule has 2 aliphatic rings. The van der Waals surface area contributed by atoms with E-state index in [0.717, 1.165) is 23.5 Å². The normalized spacial score (nSPS) is 18.8. The number of morpholine rings is 1. The zero-order valence-corrected chi connectivity index (χ0v) is 18.5. The molecule has 0 radical (unpaired) electrons. The van der Waals surface area contributed by atoms with Crippen LogP contribution in [0.25, 0.3) is 17.5 Å². The molecule has 0 aliphatic carbocycles. The van der Waals surface area contributed by atoms with E-state index in [4.69, 9.17) is 14.2 Å². The van der Waals surface area contributed by atoms with E-state index in [2.05, 4.69) is 4.98 Å². The highest BCUT2D eigenvalue weighted by Crippen LogP contribution is 2.33. The first-order valence-electron chi connectivity index (χ1n) is 10.6. The van der Waals surface area contributed by atoms with Gasteiger partial charge in [0.05, 0.1) is 30.5 Å². The van der Waals surface area contributed by atoms with Crippen molar-refractivity contribution in [1.29, 1.82) is 0 Å². The minimum Gasteiger partial charge on any atom is -0.497 e. The maximum atomic E-state index is 13.8. The Morgan fingerprint density at radius 2 is 2.00 bits per heavy atom. The monoisotopic (exact) mass is 465 g/mol. The fraction of sp³-hybridized carbons (Fsp3) is 0.200. The number of fused-ring (bicyclic) bond motifs is 1. The van der Waals surface area contributed by atoms with Crippen molar-refractivity contribution in [2.45, 2.75) is 13.0 Å². The molecule has 0 bridgehead atoms. The maximum absolute atomic E-state index is 13.8. The number of amides is 1. The number of rotatable bonds is 4. The van der Waals surface area contributed by atoms with Gasteiger partial charge in [0.1, 0.15) is 31.3 Å². The highest BCUT2D eigenvalue weighted by atomic mass is 19.2. The molecule has 1 fully saturated rings. The number of hydrogen-bond donors (Lipinski definition) is 0. The summed E-state index contributed by atoms with van der Waals surface area (Å²) >= 11 is 0. The number of aryl methyl sites for hydroxylation is 1. The van der Waals surface area contributed by atoms with Gasteiger partial charge in [-0.1, -0.05) is 6.07 Å². The predicted molar refractivity (Wildman–Crippen MR) is 120 cm³/mol. The third-order valence-electron chi connectivity index (χ3n) is 5.68. The first-order valence-corrected chi connectivity index (χ1v) is 10.6. The highest BCUT2D eigenvalue weighted by Gasteiger charge is 2.38. The molecule has 7 nitrogen and oxygen atoms in total. The Bertz CT molecular complexity index is 1330. The lowest BCUT2D eigenvalue weighted by molar-refractivity contribution is -0.137. The minimum absolute atomic E-state index is 0.125. The van der Waals surface area contributed by atoms with Crippen LogP contribution >= 0.6 is 0 Å². The van der Waals surface area contributed by atoms with E-state index >= 15 is 0 Å². The molecule has 2 aromatic carbocycles. The van der Waals surface area contributed by atoms with Crippen LogP contribution in [0.15, 0.2) is 60.9 Å². The number of ether oxygens (including phenoxy) is 3. The van der Waals surface area contributed by atoms with Gasteiger partial charge in [-0.3, -0.25) is 9.69 Å². The Morgan fingerprint density at radius 1 is 1.15 bits per heavy atom. The molecule has 174 valence electrons. The fourth-order valence-electron chi connectivity index (χ4n) is 4.00. The van der Waals surface area contributed by atoms with E-state index in [1.165, 1.54) is 17.2 Å². The average molecular weight is 465 g/mol. The zero-order valence-electron chi connectivity index (χ0n) is 18.5. The van der Waals surface area contributed by atoms with Gasteiger partial charge in [-0.25, -0.2) is 13.8 Å². The molecule has 1 unspecified atom stereocenters. The SMILES string of the molecule is COc1cc(C=C2OCC3COC=C(c4ccc(F)c(F)c4)N3C2=O)ccc1-n1cnc(C)c1. The van der Waals surface area contributed by atoms with E-state index < -0.39 is 17.5 Å². The lowest BCUT2D eigenvalue weighted by Gasteiger charge is -2.40. The molecule has 1 aromatic heterocycles. The van der Waals surface area contributed by atoms with Crippen molar-refractivity contribution in [2.24, 2.45) is 0 Å². The number of aromatic nitrogens is 2. The van der Waals surface area contributed by atoms with Crippen molar-refractivity contribution in [3.8, 4) is 11.4 Å². The summed E-state index contributed by atoms with van der Waals surface area (Å²) in [4.78, 5) is 19.1. The Kier molecular flexibility index (Phi) is 5.53. The summed E-state index contributed by atoms with van der Waals surface area (Å²) in [5, 5.41) is 0. The van der Waals surface area contributed by atoms with Crippen LogP contribution in [0.2, 0.25) is 0 Å². The molecule has 2 aliphatic heterocycles. The molecule has 5 rings (SSSR count). The summed E-state index contributed by atoms with van der Waals surface area (Å²) in [6.07, 6.45) is 6.59. The number of nitrogens with zero attached hydrogens (tertiary/aromatic N) is 3. The van der Waals surface area contributed by atoms with Gasteiger partial charge in [0.25, 0.3) is 5.91 Å². The Morgan fingerprint density at radius 3 is 2.74 bits per heavy atom. The Labute approximate surface area is 194 Å². The first kappa shape index (κ1) is 21.7. The van der Waals surface area contributed by atoms with Gasteiger partial charge in [0.2, 0.25) is 0 Å². The smallest absolute Gasteiger partial charge is 0.293 e. The number of imidazole rings is 1. The van der Waals surface area contributed by atoms with Crippen LogP contribution in [-0.2, 0) is 14.3 Å². The van der Waals surface area contributed by atoms with E-state index in [9.17, 15) is 13.6 Å². The van der Waals surface area contributed by atoms with Crippen molar-refractivity contribution in [3.63, 3.8) is 0 Å². The molecule has 1 amide bonds. The van der Waals surface area contributed by atoms with Crippen molar-refractivity contribution in [3.05, 3.63) is 89.4 Å². The third kappa shape index (κ3) is 3.89. The highest BCUT2D eigenvalue weighted by molar-refractivity contribution is 6.01. The van der Waals surface area contributed by atoms with Crippen LogP contribution in [0.5, 0.6) is 5.75 Å². The molecule has 34 heavy (non-hydrogen) atoms. The number of methoxy groups -OCH3 is 1. The van der Waals surface area contributed by atoms with E-state index in [1.807, 2.05) is 29.8 Å². The van der Waals surface area contributed by atoms with Crippen molar-refractivity contribution in [2.75, 3.05) is 20.3 Å². The van der Waals surface area contributed by atoms with E-state index in [1.54, 1.807) is 25.6 Å². The number of halogens is 2. The van der Waals surface area contributed by atoms with Gasteiger partial charge in [-0.05, 0) is 48.9 Å².